The topological polar surface area (TPSA) is 65.5 Å². The second kappa shape index (κ2) is 8.69. The molecule has 30 heavy (non-hydrogen) atoms. The van der Waals surface area contributed by atoms with Crippen LogP contribution < -0.4 is 19.5 Å². The fourth-order valence-electron chi connectivity index (χ4n) is 2.94. The molecule has 1 N–H and O–H groups in total. The number of allylic oxidation sites excluding steroid dienone is 2. The second-order valence-electron chi connectivity index (χ2n) is 7.03. The van der Waals surface area contributed by atoms with Gasteiger partial charge in [0.2, 0.25) is 11.8 Å². The number of hydrogen-bond donors (Lipinski definition) is 1. The molecule has 4 rings (SSSR count). The normalized spacial score (nSPS) is 15.2. The fraction of sp³-hybridized carbons (Fsp3) is 0.167. The summed E-state index contributed by atoms with van der Waals surface area (Å²) in [6.45, 7) is 5.90. The average molecular weight is 401 g/mol. The SMILES string of the molecule is CC1=CC=CNC1Oc1cc(Oc2ncccc2C)cc(Oc2ncccc2C)c1. The molecule has 0 saturated carbocycles. The van der Waals surface area contributed by atoms with Crippen molar-refractivity contribution < 1.29 is 14.2 Å². The maximum absolute atomic E-state index is 6.15. The van der Waals surface area contributed by atoms with Crippen molar-refractivity contribution in [3.63, 3.8) is 0 Å². The molecule has 0 aliphatic carbocycles. The van der Waals surface area contributed by atoms with Crippen molar-refractivity contribution >= 4 is 0 Å². The molecule has 6 nitrogen and oxygen atoms in total. The largest absolute Gasteiger partial charge is 0.467 e. The number of nitrogens with zero attached hydrogens (tertiary/aromatic N) is 2. The number of hydrogen-bond acceptors (Lipinski definition) is 6. The Hall–Kier alpha value is -3.80. The summed E-state index contributed by atoms with van der Waals surface area (Å²) >= 11 is 0. The minimum absolute atomic E-state index is 0.272. The van der Waals surface area contributed by atoms with E-state index in [-0.39, 0.29) is 6.23 Å². The van der Waals surface area contributed by atoms with Crippen LogP contribution in [0.1, 0.15) is 18.1 Å². The Morgan fingerprint density at radius 1 is 0.800 bits per heavy atom. The smallest absolute Gasteiger partial charge is 0.222 e. The average Bonchev–Trinajstić information content (AvgIpc) is 2.73. The van der Waals surface area contributed by atoms with Crippen LogP contribution in [0.3, 0.4) is 0 Å². The van der Waals surface area contributed by atoms with Gasteiger partial charge in [0.05, 0.1) is 0 Å². The Bertz CT molecular complexity index is 1040. The first-order valence-corrected chi connectivity index (χ1v) is 9.68. The van der Waals surface area contributed by atoms with Gasteiger partial charge in [-0.05, 0) is 50.8 Å². The van der Waals surface area contributed by atoms with Gasteiger partial charge in [-0.1, -0.05) is 18.2 Å². The summed E-state index contributed by atoms with van der Waals surface area (Å²) in [5.41, 5.74) is 2.93. The van der Waals surface area contributed by atoms with Gasteiger partial charge in [-0.25, -0.2) is 9.97 Å². The highest BCUT2D eigenvalue weighted by Gasteiger charge is 2.16. The quantitative estimate of drug-likeness (QED) is 0.593. The number of dihydropyridines is 1. The van der Waals surface area contributed by atoms with E-state index in [1.165, 1.54) is 0 Å². The lowest BCUT2D eigenvalue weighted by molar-refractivity contribution is 0.213. The third-order valence-electron chi connectivity index (χ3n) is 4.58. The summed E-state index contributed by atoms with van der Waals surface area (Å²) in [6, 6.07) is 13.1. The van der Waals surface area contributed by atoms with E-state index in [1.807, 2.05) is 75.5 Å². The Kier molecular flexibility index (Phi) is 5.66. The molecule has 1 aliphatic heterocycles. The highest BCUT2D eigenvalue weighted by Crippen LogP contribution is 2.34. The van der Waals surface area contributed by atoms with Gasteiger partial charge in [-0.15, -0.1) is 0 Å². The minimum Gasteiger partial charge on any atom is -0.467 e. The molecule has 0 fully saturated rings. The van der Waals surface area contributed by atoms with Crippen LogP contribution in [0.4, 0.5) is 0 Å². The summed E-state index contributed by atoms with van der Waals surface area (Å²) in [6.07, 6.45) is 8.92. The maximum atomic E-state index is 6.15. The van der Waals surface area contributed by atoms with Crippen LogP contribution in [-0.2, 0) is 0 Å². The molecule has 0 spiro atoms. The molecule has 0 bridgehead atoms. The summed E-state index contributed by atoms with van der Waals surface area (Å²) < 4.78 is 18.2. The first-order valence-electron chi connectivity index (χ1n) is 9.68. The van der Waals surface area contributed by atoms with E-state index in [0.29, 0.717) is 29.0 Å². The molecular formula is C24H23N3O3. The molecule has 3 aromatic rings. The number of aromatic nitrogens is 2. The second-order valence-corrected chi connectivity index (χ2v) is 7.03. The molecule has 3 heterocycles. The first kappa shape index (κ1) is 19.5. The molecule has 1 atom stereocenters. The summed E-state index contributed by atoms with van der Waals surface area (Å²) in [4.78, 5) is 8.62. The maximum Gasteiger partial charge on any atom is 0.222 e. The monoisotopic (exact) mass is 401 g/mol. The minimum atomic E-state index is -0.272. The van der Waals surface area contributed by atoms with Crippen molar-refractivity contribution in [2.75, 3.05) is 0 Å². The van der Waals surface area contributed by atoms with Crippen LogP contribution in [0.2, 0.25) is 0 Å². The first-order chi connectivity index (χ1) is 14.6. The Balaban J connectivity index is 1.66. The molecule has 1 aliphatic rings. The van der Waals surface area contributed by atoms with Crippen molar-refractivity contribution in [1.29, 1.82) is 0 Å². The van der Waals surface area contributed by atoms with E-state index in [9.17, 15) is 0 Å². The van der Waals surface area contributed by atoms with Gasteiger partial charge in [0.25, 0.3) is 0 Å². The van der Waals surface area contributed by atoms with E-state index in [2.05, 4.69) is 15.3 Å². The summed E-state index contributed by atoms with van der Waals surface area (Å²) in [7, 11) is 0. The van der Waals surface area contributed by atoms with Gasteiger partial charge in [-0.2, -0.15) is 0 Å². The van der Waals surface area contributed by atoms with Crippen molar-refractivity contribution in [3.8, 4) is 29.0 Å². The van der Waals surface area contributed by atoms with Crippen molar-refractivity contribution in [2.45, 2.75) is 27.0 Å². The predicted octanol–water partition coefficient (Wildman–Crippen LogP) is 5.45. The summed E-state index contributed by atoms with van der Waals surface area (Å²) in [5, 5.41) is 3.20. The van der Waals surface area contributed by atoms with Crippen molar-refractivity contribution in [1.82, 2.24) is 15.3 Å². The molecule has 0 amide bonds. The molecular weight excluding hydrogens is 378 g/mol. The zero-order chi connectivity index (χ0) is 20.9. The fourth-order valence-corrected chi connectivity index (χ4v) is 2.94. The molecule has 1 aromatic carbocycles. The highest BCUT2D eigenvalue weighted by molar-refractivity contribution is 5.46. The Labute approximate surface area is 175 Å². The zero-order valence-corrected chi connectivity index (χ0v) is 17.1. The molecule has 1 unspecified atom stereocenters. The van der Waals surface area contributed by atoms with Gasteiger partial charge in [-0.3, -0.25) is 0 Å². The van der Waals surface area contributed by atoms with Gasteiger partial charge in [0, 0.05) is 41.7 Å². The van der Waals surface area contributed by atoms with Gasteiger partial charge < -0.3 is 19.5 Å². The van der Waals surface area contributed by atoms with E-state index in [4.69, 9.17) is 14.2 Å². The van der Waals surface area contributed by atoms with E-state index in [0.717, 1.165) is 16.7 Å². The number of pyridine rings is 2. The summed E-state index contributed by atoms with van der Waals surface area (Å²) in [5.74, 6) is 2.79. The van der Waals surface area contributed by atoms with Crippen molar-refractivity contribution in [2.24, 2.45) is 0 Å². The van der Waals surface area contributed by atoms with Crippen LogP contribution in [0.15, 0.2) is 78.8 Å². The lowest BCUT2D eigenvalue weighted by atomic mass is 10.2. The van der Waals surface area contributed by atoms with Crippen LogP contribution >= 0.6 is 0 Å². The molecule has 152 valence electrons. The van der Waals surface area contributed by atoms with Crippen LogP contribution in [-0.4, -0.2) is 16.2 Å². The Morgan fingerprint density at radius 2 is 1.37 bits per heavy atom. The highest BCUT2D eigenvalue weighted by atomic mass is 16.5. The third-order valence-corrected chi connectivity index (χ3v) is 4.58. The number of benzene rings is 1. The van der Waals surface area contributed by atoms with Crippen LogP contribution in [0.25, 0.3) is 0 Å². The third kappa shape index (κ3) is 4.60. The number of rotatable bonds is 6. The number of ether oxygens (including phenoxy) is 3. The number of nitrogens with one attached hydrogen (secondary N) is 1. The molecule has 6 heteroatoms. The lowest BCUT2D eigenvalue weighted by Crippen LogP contribution is -2.33. The number of aryl methyl sites for hydroxylation is 2. The van der Waals surface area contributed by atoms with E-state index in [1.54, 1.807) is 18.5 Å². The van der Waals surface area contributed by atoms with E-state index >= 15 is 0 Å². The Morgan fingerprint density at radius 3 is 1.90 bits per heavy atom. The van der Waals surface area contributed by atoms with Crippen molar-refractivity contribution in [3.05, 3.63) is 89.9 Å². The standard InChI is InChI=1S/C24H23N3O3/c1-16-7-4-10-25-22(16)28-19-13-20(29-23-17(2)8-5-11-26-23)15-21(14-19)30-24-18(3)9-6-12-27-24/h4-15,22,25H,1-3H3. The van der Waals surface area contributed by atoms with Crippen LogP contribution in [0, 0.1) is 13.8 Å². The van der Waals surface area contributed by atoms with Crippen LogP contribution in [0.5, 0.6) is 29.0 Å². The zero-order valence-electron chi connectivity index (χ0n) is 17.1. The lowest BCUT2D eigenvalue weighted by Gasteiger charge is -2.23. The molecule has 2 aromatic heterocycles. The van der Waals surface area contributed by atoms with Gasteiger partial charge in [0.1, 0.15) is 17.2 Å². The van der Waals surface area contributed by atoms with Gasteiger partial charge in [0.15, 0.2) is 6.23 Å². The molecule has 0 saturated heterocycles. The van der Waals surface area contributed by atoms with Gasteiger partial charge >= 0.3 is 0 Å². The molecule has 0 radical (unpaired) electrons. The van der Waals surface area contributed by atoms with E-state index < -0.39 is 0 Å². The predicted molar refractivity (Wildman–Crippen MR) is 115 cm³/mol.